The predicted octanol–water partition coefficient (Wildman–Crippen LogP) is 2.23. The molecule has 0 unspecified atom stereocenters. The van der Waals surface area contributed by atoms with Gasteiger partial charge in [-0.2, -0.15) is 0 Å². The first-order valence-electron chi connectivity index (χ1n) is 4.91. The van der Waals surface area contributed by atoms with Crippen LogP contribution in [0.1, 0.15) is 24.2 Å². The molecule has 0 saturated heterocycles. The molecule has 0 bridgehead atoms. The molecule has 0 saturated carbocycles. The summed E-state index contributed by atoms with van der Waals surface area (Å²) < 4.78 is 13.3. The number of aromatic hydroxyl groups is 1. The van der Waals surface area contributed by atoms with Gasteiger partial charge >= 0.3 is 0 Å². The third kappa shape index (κ3) is 3.08. The van der Waals surface area contributed by atoms with E-state index in [-0.39, 0.29) is 11.3 Å². The van der Waals surface area contributed by atoms with Crippen molar-refractivity contribution in [3.63, 3.8) is 0 Å². The van der Waals surface area contributed by atoms with E-state index < -0.39 is 11.7 Å². The van der Waals surface area contributed by atoms with E-state index in [9.17, 15) is 14.3 Å². The van der Waals surface area contributed by atoms with Crippen molar-refractivity contribution in [3.05, 3.63) is 41.2 Å². The molecule has 3 nitrogen and oxygen atoms in total. The van der Waals surface area contributed by atoms with Crippen LogP contribution in [0.15, 0.2) is 29.8 Å². The second kappa shape index (κ2) is 5.30. The van der Waals surface area contributed by atoms with E-state index in [0.29, 0.717) is 6.54 Å². The summed E-state index contributed by atoms with van der Waals surface area (Å²) in [5.74, 6) is -1.70. The summed E-state index contributed by atoms with van der Waals surface area (Å²) >= 11 is 0. The lowest BCUT2D eigenvalue weighted by Gasteiger charge is -2.05. The number of phenolic OH excluding ortho intramolecular Hbond substituents is 1. The molecular formula is C12H14FNO2. The second-order valence-electron chi connectivity index (χ2n) is 3.63. The molecule has 0 heterocycles. The van der Waals surface area contributed by atoms with Gasteiger partial charge in [0.15, 0.2) is 0 Å². The van der Waals surface area contributed by atoms with Crippen molar-refractivity contribution >= 4 is 5.91 Å². The molecule has 0 spiro atoms. The lowest BCUT2D eigenvalue weighted by molar-refractivity contribution is 0.0951. The van der Waals surface area contributed by atoms with E-state index in [1.165, 1.54) is 12.1 Å². The molecule has 0 aliphatic heterocycles. The summed E-state index contributed by atoms with van der Waals surface area (Å²) in [6, 6.07) is 3.76. The molecule has 1 aromatic rings. The van der Waals surface area contributed by atoms with Crippen LogP contribution in [0.25, 0.3) is 0 Å². The van der Waals surface area contributed by atoms with Crippen LogP contribution < -0.4 is 5.32 Å². The predicted molar refractivity (Wildman–Crippen MR) is 59.8 cm³/mol. The Morgan fingerprint density at radius 2 is 2.19 bits per heavy atom. The molecule has 0 aliphatic carbocycles. The maximum atomic E-state index is 13.3. The maximum absolute atomic E-state index is 13.3. The van der Waals surface area contributed by atoms with Gasteiger partial charge in [0, 0.05) is 6.54 Å². The average Bonchev–Trinajstić information content (AvgIpc) is 2.16. The van der Waals surface area contributed by atoms with Crippen LogP contribution in [0.5, 0.6) is 5.75 Å². The fraction of sp³-hybridized carbons (Fsp3) is 0.250. The lowest BCUT2D eigenvalue weighted by atomic mass is 10.1. The Hall–Kier alpha value is -1.84. The number of allylic oxidation sites excluding steroid dienone is 1. The van der Waals surface area contributed by atoms with E-state index in [1.807, 2.05) is 13.8 Å². The molecule has 1 rings (SSSR count). The number of amides is 1. The third-order valence-corrected chi connectivity index (χ3v) is 1.99. The number of carbonyl (C=O) groups excluding carboxylic acids is 1. The van der Waals surface area contributed by atoms with E-state index in [1.54, 1.807) is 6.08 Å². The van der Waals surface area contributed by atoms with Crippen LogP contribution in [0.4, 0.5) is 4.39 Å². The number of hydrogen-bond acceptors (Lipinski definition) is 2. The van der Waals surface area contributed by atoms with E-state index in [2.05, 4.69) is 5.32 Å². The van der Waals surface area contributed by atoms with Crippen molar-refractivity contribution in [2.45, 2.75) is 13.8 Å². The van der Waals surface area contributed by atoms with Crippen LogP contribution >= 0.6 is 0 Å². The Labute approximate surface area is 93.6 Å². The summed E-state index contributed by atoms with van der Waals surface area (Å²) in [4.78, 5) is 11.5. The average molecular weight is 223 g/mol. The zero-order chi connectivity index (χ0) is 12.1. The maximum Gasteiger partial charge on any atom is 0.258 e. The summed E-state index contributed by atoms with van der Waals surface area (Å²) in [6.07, 6.45) is 1.80. The number of halogens is 1. The minimum absolute atomic E-state index is 0.314. The van der Waals surface area contributed by atoms with Crippen molar-refractivity contribution in [1.29, 1.82) is 0 Å². The smallest absolute Gasteiger partial charge is 0.258 e. The second-order valence-corrected chi connectivity index (χ2v) is 3.63. The Morgan fingerprint density at radius 3 is 2.75 bits per heavy atom. The summed E-state index contributed by atoms with van der Waals surface area (Å²) in [6.45, 7) is 4.11. The number of nitrogens with one attached hydrogen (secondary N) is 1. The lowest BCUT2D eigenvalue weighted by Crippen LogP contribution is -2.24. The van der Waals surface area contributed by atoms with Gasteiger partial charge in [0.05, 0.1) is 0 Å². The molecule has 4 heteroatoms. The Morgan fingerprint density at radius 1 is 1.50 bits per heavy atom. The molecule has 16 heavy (non-hydrogen) atoms. The first-order valence-corrected chi connectivity index (χ1v) is 4.91. The highest BCUT2D eigenvalue weighted by molar-refractivity contribution is 5.97. The monoisotopic (exact) mass is 223 g/mol. The largest absolute Gasteiger partial charge is 0.507 e. The van der Waals surface area contributed by atoms with Gasteiger partial charge in [-0.25, -0.2) is 4.39 Å². The minimum atomic E-state index is -0.727. The zero-order valence-corrected chi connectivity index (χ0v) is 9.25. The molecule has 0 radical (unpaired) electrons. The standard InChI is InChI=1S/C12H14FNO2/c1-8(2)6-7-14-12(16)11-9(13)4-3-5-10(11)15/h3-6,15H,7H2,1-2H3,(H,14,16). The Bertz CT molecular complexity index is 403. The van der Waals surface area contributed by atoms with Crippen molar-refractivity contribution in [2.24, 2.45) is 0 Å². The Kier molecular flexibility index (Phi) is 4.05. The highest BCUT2D eigenvalue weighted by atomic mass is 19.1. The van der Waals surface area contributed by atoms with E-state index in [0.717, 1.165) is 11.6 Å². The van der Waals surface area contributed by atoms with Gasteiger partial charge in [-0.15, -0.1) is 0 Å². The SMILES string of the molecule is CC(C)=CCNC(=O)c1c(O)cccc1F. The van der Waals surface area contributed by atoms with Crippen LogP contribution in [0.3, 0.4) is 0 Å². The Balaban J connectivity index is 2.77. The number of carbonyl (C=O) groups is 1. The van der Waals surface area contributed by atoms with Crippen molar-refractivity contribution in [1.82, 2.24) is 5.32 Å². The van der Waals surface area contributed by atoms with Crippen LogP contribution in [-0.2, 0) is 0 Å². The van der Waals surface area contributed by atoms with E-state index >= 15 is 0 Å². The van der Waals surface area contributed by atoms with Gasteiger partial charge in [-0.3, -0.25) is 4.79 Å². The summed E-state index contributed by atoms with van der Waals surface area (Å²) in [5.41, 5.74) is 0.739. The van der Waals surface area contributed by atoms with Crippen molar-refractivity contribution in [3.8, 4) is 5.75 Å². The van der Waals surface area contributed by atoms with Crippen molar-refractivity contribution < 1.29 is 14.3 Å². The minimum Gasteiger partial charge on any atom is -0.507 e. The zero-order valence-electron chi connectivity index (χ0n) is 9.25. The molecule has 0 aliphatic rings. The fourth-order valence-corrected chi connectivity index (χ4v) is 1.17. The molecular weight excluding hydrogens is 209 g/mol. The quantitative estimate of drug-likeness (QED) is 0.772. The van der Waals surface area contributed by atoms with Gasteiger partial charge < -0.3 is 10.4 Å². The molecule has 0 atom stereocenters. The number of rotatable bonds is 3. The van der Waals surface area contributed by atoms with Gasteiger partial charge in [-0.05, 0) is 26.0 Å². The highest BCUT2D eigenvalue weighted by Crippen LogP contribution is 2.19. The number of phenols is 1. The summed E-state index contributed by atoms with van der Waals surface area (Å²) in [7, 11) is 0. The molecule has 1 amide bonds. The van der Waals surface area contributed by atoms with E-state index in [4.69, 9.17) is 0 Å². The van der Waals surface area contributed by atoms with Crippen LogP contribution in [-0.4, -0.2) is 17.6 Å². The highest BCUT2D eigenvalue weighted by Gasteiger charge is 2.15. The molecule has 0 fully saturated rings. The molecule has 0 aromatic heterocycles. The fourth-order valence-electron chi connectivity index (χ4n) is 1.17. The van der Waals surface area contributed by atoms with Crippen LogP contribution in [0, 0.1) is 5.82 Å². The topological polar surface area (TPSA) is 49.3 Å². The normalized spacial score (nSPS) is 9.69. The first kappa shape index (κ1) is 12.2. The van der Waals surface area contributed by atoms with Gasteiger partial charge in [-0.1, -0.05) is 17.7 Å². The molecule has 1 aromatic carbocycles. The molecule has 2 N–H and O–H groups in total. The molecule has 86 valence electrons. The summed E-state index contributed by atoms with van der Waals surface area (Å²) in [5, 5.41) is 11.9. The van der Waals surface area contributed by atoms with Gasteiger partial charge in [0.2, 0.25) is 0 Å². The number of benzene rings is 1. The van der Waals surface area contributed by atoms with Crippen molar-refractivity contribution in [2.75, 3.05) is 6.54 Å². The van der Waals surface area contributed by atoms with Gasteiger partial charge in [0.25, 0.3) is 5.91 Å². The van der Waals surface area contributed by atoms with Gasteiger partial charge in [0.1, 0.15) is 17.1 Å². The first-order chi connectivity index (χ1) is 7.52. The van der Waals surface area contributed by atoms with Crippen LogP contribution in [0.2, 0.25) is 0 Å². The number of hydrogen-bond donors (Lipinski definition) is 2. The third-order valence-electron chi connectivity index (χ3n) is 1.99.